The first kappa shape index (κ1) is 13.0. The van der Waals surface area contributed by atoms with Gasteiger partial charge in [-0.05, 0) is 30.7 Å². The van der Waals surface area contributed by atoms with Crippen molar-refractivity contribution in [1.82, 2.24) is 0 Å². The summed E-state index contributed by atoms with van der Waals surface area (Å²) in [5, 5.41) is 8.85. The summed E-state index contributed by atoms with van der Waals surface area (Å²) in [6.45, 7) is 2.94. The van der Waals surface area contributed by atoms with E-state index in [2.05, 4.69) is 22.9 Å². The molecule has 3 nitrogen and oxygen atoms in total. The van der Waals surface area contributed by atoms with E-state index in [1.54, 1.807) is 0 Å². The van der Waals surface area contributed by atoms with Crippen LogP contribution in [-0.2, 0) is 4.79 Å². The molecule has 88 valence electrons. The molecule has 0 unspecified atom stereocenters. The molecule has 1 aromatic rings. The van der Waals surface area contributed by atoms with E-state index in [1.807, 2.05) is 29.2 Å². The molecular weight excluding hydrogens is 270 g/mol. The molecule has 0 aromatic heterocycles. The van der Waals surface area contributed by atoms with Crippen LogP contribution in [0.1, 0.15) is 19.8 Å². The van der Waals surface area contributed by atoms with E-state index in [1.165, 1.54) is 0 Å². The van der Waals surface area contributed by atoms with Crippen molar-refractivity contribution in [3.63, 3.8) is 0 Å². The highest BCUT2D eigenvalue weighted by atomic mass is 79.9. The quantitative estimate of drug-likeness (QED) is 0.873. The molecule has 4 heteroatoms. The van der Waals surface area contributed by atoms with Gasteiger partial charge in [-0.15, -0.1) is 0 Å². The second kappa shape index (κ2) is 6.53. The summed E-state index contributed by atoms with van der Waals surface area (Å²) in [6.07, 6.45) is 2.07. The lowest BCUT2D eigenvalue weighted by atomic mass is 10.2. The van der Waals surface area contributed by atoms with Gasteiger partial charge in [0, 0.05) is 16.7 Å². The van der Waals surface area contributed by atoms with Gasteiger partial charge in [-0.25, -0.2) is 0 Å². The number of halogens is 1. The highest BCUT2D eigenvalue weighted by molar-refractivity contribution is 9.10. The first-order valence-electron chi connectivity index (χ1n) is 5.35. The van der Waals surface area contributed by atoms with Crippen molar-refractivity contribution in [2.75, 3.05) is 18.0 Å². The van der Waals surface area contributed by atoms with Gasteiger partial charge < -0.3 is 10.0 Å². The third kappa shape index (κ3) is 4.23. The van der Waals surface area contributed by atoms with Gasteiger partial charge in [0.15, 0.2) is 0 Å². The van der Waals surface area contributed by atoms with Crippen LogP contribution in [0, 0.1) is 0 Å². The van der Waals surface area contributed by atoms with E-state index in [-0.39, 0.29) is 6.54 Å². The predicted octanol–water partition coefficient (Wildman–Crippen LogP) is 3.14. The first-order valence-corrected chi connectivity index (χ1v) is 6.15. The third-order valence-electron chi connectivity index (χ3n) is 2.30. The Morgan fingerprint density at radius 2 is 2.00 bits per heavy atom. The molecule has 0 spiro atoms. The van der Waals surface area contributed by atoms with Crippen LogP contribution in [0.15, 0.2) is 28.7 Å². The number of benzene rings is 1. The molecule has 0 atom stereocenters. The smallest absolute Gasteiger partial charge is 0.323 e. The topological polar surface area (TPSA) is 40.5 Å². The van der Waals surface area contributed by atoms with Crippen LogP contribution >= 0.6 is 15.9 Å². The Balaban J connectivity index is 2.74. The Labute approximate surface area is 104 Å². The van der Waals surface area contributed by atoms with Crippen molar-refractivity contribution in [3.05, 3.63) is 28.7 Å². The van der Waals surface area contributed by atoms with Gasteiger partial charge in [0.05, 0.1) is 0 Å². The monoisotopic (exact) mass is 285 g/mol. The summed E-state index contributed by atoms with van der Waals surface area (Å²) in [6, 6.07) is 7.72. The van der Waals surface area contributed by atoms with Crippen molar-refractivity contribution >= 4 is 27.6 Å². The summed E-state index contributed by atoms with van der Waals surface area (Å²) in [5.74, 6) is -0.793. The Morgan fingerprint density at radius 3 is 2.50 bits per heavy atom. The number of rotatable bonds is 6. The molecule has 0 bridgehead atoms. The molecule has 0 fully saturated rings. The van der Waals surface area contributed by atoms with E-state index in [9.17, 15) is 4.79 Å². The molecule has 1 rings (SSSR count). The average molecular weight is 286 g/mol. The molecule has 0 aliphatic rings. The zero-order valence-corrected chi connectivity index (χ0v) is 10.9. The number of aliphatic carboxylic acids is 1. The van der Waals surface area contributed by atoms with Gasteiger partial charge in [-0.2, -0.15) is 0 Å². The lowest BCUT2D eigenvalue weighted by Crippen LogP contribution is -2.30. The highest BCUT2D eigenvalue weighted by Crippen LogP contribution is 2.18. The number of nitrogens with zero attached hydrogens (tertiary/aromatic N) is 1. The van der Waals surface area contributed by atoms with Crippen LogP contribution in [0.4, 0.5) is 5.69 Å². The maximum atomic E-state index is 10.8. The number of anilines is 1. The molecule has 0 aliphatic heterocycles. The predicted molar refractivity (Wildman–Crippen MR) is 68.9 cm³/mol. The maximum absolute atomic E-state index is 10.8. The summed E-state index contributed by atoms with van der Waals surface area (Å²) >= 11 is 3.36. The maximum Gasteiger partial charge on any atom is 0.323 e. The standard InChI is InChI=1S/C12H16BrNO2/c1-2-3-8-14(9-12(15)16)11-6-4-10(13)5-7-11/h4-7H,2-3,8-9H2,1H3,(H,15,16). The Bertz CT molecular complexity index is 337. The summed E-state index contributed by atoms with van der Waals surface area (Å²) < 4.78 is 1.00. The van der Waals surface area contributed by atoms with Gasteiger partial charge in [0.1, 0.15) is 6.54 Å². The molecule has 0 amide bonds. The first-order chi connectivity index (χ1) is 7.63. The molecule has 0 radical (unpaired) electrons. The van der Waals surface area contributed by atoms with E-state index in [0.29, 0.717) is 0 Å². The van der Waals surface area contributed by atoms with Gasteiger partial charge >= 0.3 is 5.97 Å². The molecular formula is C12H16BrNO2. The van der Waals surface area contributed by atoms with Crippen LogP contribution in [0.5, 0.6) is 0 Å². The summed E-state index contributed by atoms with van der Waals surface area (Å²) in [4.78, 5) is 12.6. The van der Waals surface area contributed by atoms with E-state index in [4.69, 9.17) is 5.11 Å². The zero-order chi connectivity index (χ0) is 12.0. The summed E-state index contributed by atoms with van der Waals surface area (Å²) in [5.41, 5.74) is 0.957. The van der Waals surface area contributed by atoms with Crippen LogP contribution in [0.2, 0.25) is 0 Å². The molecule has 0 heterocycles. The molecule has 1 N–H and O–H groups in total. The number of unbranched alkanes of at least 4 members (excludes halogenated alkanes) is 1. The van der Waals surface area contributed by atoms with E-state index >= 15 is 0 Å². The average Bonchev–Trinajstić information content (AvgIpc) is 2.25. The fraction of sp³-hybridized carbons (Fsp3) is 0.417. The van der Waals surface area contributed by atoms with Crippen molar-refractivity contribution < 1.29 is 9.90 Å². The number of carbonyl (C=O) groups is 1. The van der Waals surface area contributed by atoms with Gasteiger partial charge in [0.2, 0.25) is 0 Å². The zero-order valence-electron chi connectivity index (χ0n) is 9.32. The fourth-order valence-corrected chi connectivity index (χ4v) is 1.73. The van der Waals surface area contributed by atoms with Crippen molar-refractivity contribution in [2.45, 2.75) is 19.8 Å². The van der Waals surface area contributed by atoms with Crippen molar-refractivity contribution in [3.8, 4) is 0 Å². The number of carboxylic acid groups (broad SMARTS) is 1. The van der Waals surface area contributed by atoms with Gasteiger partial charge in [-0.1, -0.05) is 29.3 Å². The lowest BCUT2D eigenvalue weighted by molar-refractivity contribution is -0.135. The van der Waals surface area contributed by atoms with E-state index in [0.717, 1.165) is 29.5 Å². The van der Waals surface area contributed by atoms with Crippen LogP contribution < -0.4 is 4.90 Å². The van der Waals surface area contributed by atoms with Crippen LogP contribution in [-0.4, -0.2) is 24.2 Å². The minimum atomic E-state index is -0.793. The van der Waals surface area contributed by atoms with Crippen LogP contribution in [0.25, 0.3) is 0 Å². The Morgan fingerprint density at radius 1 is 1.38 bits per heavy atom. The second-order valence-electron chi connectivity index (χ2n) is 3.65. The van der Waals surface area contributed by atoms with E-state index < -0.39 is 5.97 Å². The Hall–Kier alpha value is -1.03. The highest BCUT2D eigenvalue weighted by Gasteiger charge is 2.09. The third-order valence-corrected chi connectivity index (χ3v) is 2.83. The molecule has 16 heavy (non-hydrogen) atoms. The SMILES string of the molecule is CCCCN(CC(=O)O)c1ccc(Br)cc1. The minimum Gasteiger partial charge on any atom is -0.480 e. The number of hydrogen-bond acceptors (Lipinski definition) is 2. The lowest BCUT2D eigenvalue weighted by Gasteiger charge is -2.22. The minimum absolute atomic E-state index is 0.0572. The molecule has 0 saturated heterocycles. The normalized spacial score (nSPS) is 10.1. The largest absolute Gasteiger partial charge is 0.480 e. The summed E-state index contributed by atoms with van der Waals surface area (Å²) in [7, 11) is 0. The Kier molecular flexibility index (Phi) is 5.32. The number of carboxylic acids is 1. The second-order valence-corrected chi connectivity index (χ2v) is 4.56. The van der Waals surface area contributed by atoms with Crippen molar-refractivity contribution in [1.29, 1.82) is 0 Å². The van der Waals surface area contributed by atoms with Gasteiger partial charge in [0.25, 0.3) is 0 Å². The molecule has 0 saturated carbocycles. The van der Waals surface area contributed by atoms with Gasteiger partial charge in [-0.3, -0.25) is 4.79 Å². The number of hydrogen-bond donors (Lipinski definition) is 1. The fourth-order valence-electron chi connectivity index (χ4n) is 1.46. The van der Waals surface area contributed by atoms with Crippen LogP contribution in [0.3, 0.4) is 0 Å². The molecule has 0 aliphatic carbocycles. The van der Waals surface area contributed by atoms with Crippen molar-refractivity contribution in [2.24, 2.45) is 0 Å². The molecule has 1 aromatic carbocycles.